The van der Waals surface area contributed by atoms with E-state index in [1.807, 2.05) is 11.3 Å². The third kappa shape index (κ3) is 7.98. The molecule has 7 aromatic rings. The Morgan fingerprint density at radius 2 is 0.943 bits per heavy atom. The number of benzene rings is 6. The molecule has 10 rings (SSSR count). The average molecular weight is 943 g/mol. The summed E-state index contributed by atoms with van der Waals surface area (Å²) in [5, 5.41) is 1.35. The largest absolute Gasteiger partial charge is 0.311 e. The molecule has 2 nitrogen and oxygen atoms in total. The normalized spacial score (nSPS) is 16.5. The van der Waals surface area contributed by atoms with Gasteiger partial charge in [-0.2, -0.15) is 0 Å². The summed E-state index contributed by atoms with van der Waals surface area (Å²) in [4.78, 5) is 5.41. The van der Waals surface area contributed by atoms with E-state index in [1.165, 1.54) is 123 Å². The molecule has 0 atom stereocenters. The summed E-state index contributed by atoms with van der Waals surface area (Å²) in [5.41, 5.74) is 22.7. The van der Waals surface area contributed by atoms with Gasteiger partial charge in [0.25, 0.3) is 6.71 Å². The van der Waals surface area contributed by atoms with Crippen LogP contribution in [0.15, 0.2) is 109 Å². The van der Waals surface area contributed by atoms with E-state index in [9.17, 15) is 0 Å². The molecule has 0 saturated heterocycles. The third-order valence-electron chi connectivity index (χ3n) is 16.5. The van der Waals surface area contributed by atoms with Gasteiger partial charge >= 0.3 is 0 Å². The monoisotopic (exact) mass is 943 g/mol. The van der Waals surface area contributed by atoms with Crippen molar-refractivity contribution in [1.82, 2.24) is 0 Å². The fraction of sp³-hybridized carbons (Fsp3) is 0.424. The van der Waals surface area contributed by atoms with Crippen molar-refractivity contribution >= 4 is 78.0 Å². The van der Waals surface area contributed by atoms with E-state index >= 15 is 0 Å². The molecule has 4 heteroatoms. The quantitative estimate of drug-likeness (QED) is 0.163. The second-order valence-corrected chi connectivity index (χ2v) is 29.0. The first kappa shape index (κ1) is 48.6. The minimum atomic E-state index is -0.130. The van der Waals surface area contributed by atoms with Gasteiger partial charge in [0.05, 0.1) is 11.4 Å². The van der Waals surface area contributed by atoms with Gasteiger partial charge in [0.1, 0.15) is 0 Å². The number of thiophene rings is 1. The average Bonchev–Trinajstić information content (AvgIpc) is 3.64. The molecule has 0 saturated carbocycles. The van der Waals surface area contributed by atoms with Crippen molar-refractivity contribution in [3.8, 4) is 11.1 Å². The number of nitrogens with zero attached hydrogens (tertiary/aromatic N) is 2. The summed E-state index contributed by atoms with van der Waals surface area (Å²) >= 11 is 2.02. The van der Waals surface area contributed by atoms with E-state index in [0.29, 0.717) is 0 Å². The molecule has 3 heterocycles. The molecule has 0 unspecified atom stereocenters. The minimum Gasteiger partial charge on any atom is -0.311 e. The summed E-state index contributed by atoms with van der Waals surface area (Å²) in [5.74, 6) is 0. The van der Waals surface area contributed by atoms with E-state index in [2.05, 4.69) is 251 Å². The lowest BCUT2D eigenvalue weighted by atomic mass is 9.36. The smallest absolute Gasteiger partial charge is 0.264 e. The van der Waals surface area contributed by atoms with Crippen molar-refractivity contribution in [3.05, 3.63) is 148 Å². The second kappa shape index (κ2) is 15.7. The van der Waals surface area contributed by atoms with Crippen LogP contribution >= 0.6 is 11.3 Å². The van der Waals surface area contributed by atoms with Gasteiger partial charge in [0, 0.05) is 43.2 Å². The molecule has 0 radical (unpaired) electrons. The zero-order valence-electron chi connectivity index (χ0n) is 46.2. The Bertz CT molecular complexity index is 3230. The van der Waals surface area contributed by atoms with Crippen molar-refractivity contribution in [2.24, 2.45) is 0 Å². The van der Waals surface area contributed by atoms with Crippen LogP contribution in [0.1, 0.15) is 183 Å². The first-order valence-corrected chi connectivity index (χ1v) is 27.1. The van der Waals surface area contributed by atoms with Crippen LogP contribution in [0, 0.1) is 0 Å². The molecule has 6 aromatic carbocycles. The summed E-state index contributed by atoms with van der Waals surface area (Å²) in [6.07, 6.45) is 2.37. The van der Waals surface area contributed by atoms with Crippen molar-refractivity contribution in [2.45, 2.75) is 182 Å². The second-order valence-electron chi connectivity index (χ2n) is 27.9. The first-order chi connectivity index (χ1) is 32.3. The van der Waals surface area contributed by atoms with Crippen molar-refractivity contribution in [3.63, 3.8) is 0 Å². The zero-order valence-corrected chi connectivity index (χ0v) is 47.0. The molecule has 0 spiro atoms. The highest BCUT2D eigenvalue weighted by Gasteiger charge is 2.47. The maximum atomic E-state index is 2.73. The Morgan fingerprint density at radius 1 is 0.443 bits per heavy atom. The molecule has 0 N–H and O–H groups in total. The Morgan fingerprint density at radius 3 is 1.53 bits per heavy atom. The van der Waals surface area contributed by atoms with E-state index in [1.54, 1.807) is 0 Å². The van der Waals surface area contributed by atoms with Gasteiger partial charge in [-0.25, -0.2) is 0 Å². The maximum Gasteiger partial charge on any atom is 0.264 e. The molecule has 2 aliphatic heterocycles. The lowest BCUT2D eigenvalue weighted by Gasteiger charge is -2.46. The maximum absolute atomic E-state index is 2.73. The van der Waals surface area contributed by atoms with Crippen LogP contribution in [0.3, 0.4) is 0 Å². The van der Waals surface area contributed by atoms with E-state index in [0.717, 1.165) is 0 Å². The van der Waals surface area contributed by atoms with Gasteiger partial charge < -0.3 is 9.80 Å². The Balaban J connectivity index is 1.36. The van der Waals surface area contributed by atoms with Crippen LogP contribution in [0.4, 0.5) is 34.1 Å². The molecule has 3 aliphatic rings. The predicted molar refractivity (Wildman–Crippen MR) is 310 cm³/mol. The van der Waals surface area contributed by atoms with Gasteiger partial charge in [-0.1, -0.05) is 186 Å². The summed E-state index contributed by atoms with van der Waals surface area (Å²) in [6, 6.07) is 44.4. The number of rotatable bonds is 3. The molecule has 1 aromatic heterocycles. The highest BCUT2D eigenvalue weighted by atomic mass is 32.1. The van der Waals surface area contributed by atoms with Crippen LogP contribution in [0.25, 0.3) is 21.2 Å². The SMILES string of the molecule is CC(C)(C)c1ccc(-c2cc(C(C)(C)C)ccc2N2c3ccc(C(C)(C)C)cc3B3c4sc5ccc(C(C)(C)C)cc5c4N(c4ccc5c(c4)C(C)(C)CCC5(C)C)c4cc(C(C)(C)C)cc2c43)cc1. The molecule has 0 bridgehead atoms. The molecule has 0 amide bonds. The zero-order chi connectivity index (χ0) is 50.6. The fourth-order valence-corrected chi connectivity index (χ4v) is 13.0. The lowest BCUT2D eigenvalue weighted by molar-refractivity contribution is 0.332. The van der Waals surface area contributed by atoms with Gasteiger partial charge in [-0.15, -0.1) is 11.3 Å². The van der Waals surface area contributed by atoms with E-state index in [4.69, 9.17) is 0 Å². The highest BCUT2D eigenvalue weighted by Crippen LogP contribution is 2.54. The number of anilines is 6. The highest BCUT2D eigenvalue weighted by molar-refractivity contribution is 7.33. The third-order valence-corrected chi connectivity index (χ3v) is 17.7. The van der Waals surface area contributed by atoms with Crippen LogP contribution in [-0.2, 0) is 37.9 Å². The molecule has 70 heavy (non-hydrogen) atoms. The Kier molecular flexibility index (Phi) is 10.9. The van der Waals surface area contributed by atoms with Crippen LogP contribution in [0.2, 0.25) is 0 Å². The van der Waals surface area contributed by atoms with Gasteiger partial charge in [0.2, 0.25) is 0 Å². The van der Waals surface area contributed by atoms with Gasteiger partial charge in [-0.3, -0.25) is 0 Å². The Hall–Kier alpha value is -5.06. The van der Waals surface area contributed by atoms with E-state index in [-0.39, 0.29) is 44.6 Å². The van der Waals surface area contributed by atoms with Crippen LogP contribution in [-0.4, -0.2) is 6.71 Å². The van der Waals surface area contributed by atoms with Gasteiger partial charge in [-0.05, 0) is 161 Å². The number of hydrogen-bond donors (Lipinski definition) is 0. The standard InChI is InChI=1S/C66H79BN2S/c1-60(2,3)41-22-20-40(21-23-41)47-34-42(61(4,5)6)24-29-52(47)69-53-30-25-44(63(10,11)12)36-51(53)67-57-54(37-45(38-55(57)69)64(13,14)15)68(46-27-28-49-50(39-46)66(18,19)33-32-65(49,16)17)58-48-35-43(62(7,8)9)26-31-56(48)70-59(58)67/h20-31,34-39H,32-33H2,1-19H3. The predicted octanol–water partition coefficient (Wildman–Crippen LogP) is 17.5. The van der Waals surface area contributed by atoms with Crippen LogP contribution in [0.5, 0.6) is 0 Å². The van der Waals surface area contributed by atoms with Crippen molar-refractivity contribution in [1.29, 1.82) is 0 Å². The van der Waals surface area contributed by atoms with Gasteiger partial charge in [0.15, 0.2) is 0 Å². The lowest BCUT2D eigenvalue weighted by Crippen LogP contribution is -2.60. The summed E-state index contributed by atoms with van der Waals surface area (Å²) < 4.78 is 2.78. The first-order valence-electron chi connectivity index (χ1n) is 26.3. The van der Waals surface area contributed by atoms with Crippen molar-refractivity contribution in [2.75, 3.05) is 9.80 Å². The molecular weight excluding hydrogens is 864 g/mol. The Labute approximate surface area is 427 Å². The number of fused-ring (bicyclic) bond motifs is 7. The van der Waals surface area contributed by atoms with Crippen LogP contribution < -0.4 is 25.5 Å². The number of hydrogen-bond acceptors (Lipinski definition) is 3. The summed E-state index contributed by atoms with van der Waals surface area (Å²) in [6.45, 7) is 45.2. The fourth-order valence-electron chi connectivity index (χ4n) is 11.7. The molecule has 1 aliphatic carbocycles. The molecular formula is C66H79BN2S. The topological polar surface area (TPSA) is 6.48 Å². The van der Waals surface area contributed by atoms with Crippen molar-refractivity contribution < 1.29 is 0 Å². The minimum absolute atomic E-state index is 0.00127. The molecule has 362 valence electrons. The summed E-state index contributed by atoms with van der Waals surface area (Å²) in [7, 11) is 0. The van der Waals surface area contributed by atoms with E-state index < -0.39 is 0 Å². The molecule has 0 fully saturated rings.